The molecular formula is C39H41F4N9O5S. The highest BCUT2D eigenvalue weighted by Gasteiger charge is 2.51. The number of aryl methyl sites for hydroxylation is 1. The maximum atomic E-state index is 14.6. The number of aromatic nitrogens is 1. The van der Waals surface area contributed by atoms with Gasteiger partial charge < -0.3 is 20.3 Å². The summed E-state index contributed by atoms with van der Waals surface area (Å²) in [5.74, 6) is -1.75. The average Bonchev–Trinajstić information content (AvgIpc) is 3.36. The second-order valence-electron chi connectivity index (χ2n) is 14.5. The number of anilines is 4. The zero-order valence-corrected chi connectivity index (χ0v) is 32.7. The van der Waals surface area contributed by atoms with Gasteiger partial charge in [0.2, 0.25) is 17.7 Å². The van der Waals surface area contributed by atoms with Crippen molar-refractivity contribution >= 4 is 63.7 Å². The van der Waals surface area contributed by atoms with Gasteiger partial charge in [-0.1, -0.05) is 6.92 Å². The molecule has 4 heterocycles. The van der Waals surface area contributed by atoms with E-state index in [0.717, 1.165) is 16.7 Å². The van der Waals surface area contributed by atoms with Gasteiger partial charge in [-0.15, -0.1) is 0 Å². The smallest absolute Gasteiger partial charge is 0.419 e. The number of amides is 4. The Labute approximate surface area is 337 Å². The summed E-state index contributed by atoms with van der Waals surface area (Å²) in [5.41, 5.74) is -1.76. The molecule has 14 nitrogen and oxygen atoms in total. The first-order chi connectivity index (χ1) is 27.5. The molecule has 0 saturated carbocycles. The maximum absolute atomic E-state index is 14.6. The summed E-state index contributed by atoms with van der Waals surface area (Å²) in [6.45, 7) is 8.74. The fourth-order valence-corrected chi connectivity index (χ4v) is 7.57. The van der Waals surface area contributed by atoms with Crippen LogP contribution in [-0.2, 0) is 31.8 Å². The SMILES string of the molecule is CCc1cc(N2C(=S)N(c3cnc(C#N)c(C(F)(F)F)c3)C(=O)C2(C)C)ccc1OCCN1CCN(CC(=O)Nc2cc(NC3CCC(=O)NC3=O)ccc2F)CC1. The molecule has 3 aliphatic rings. The lowest BCUT2D eigenvalue weighted by Gasteiger charge is -2.34. The molecule has 1 aromatic heterocycles. The number of carbonyl (C=O) groups excluding carboxylic acids is 4. The standard InChI is InChI=1S/C39H41F4N9O5S/c1-4-23-17-25(52-37(58)51(36(56)38(52,2)3)26-19-27(39(41,42)43)31(20-44)45-21-26)6-9-32(23)57-16-15-49-11-13-50(14-12-49)22-34(54)47-30-18-24(5-7-28(30)40)46-29-8-10-33(53)48-35(29)55/h5-7,9,17-19,21,29,46H,4,8,10-16,22H2,1-3H3,(H,47,54)(H,48,53,55). The van der Waals surface area contributed by atoms with Gasteiger partial charge in [-0.25, -0.2) is 9.37 Å². The van der Waals surface area contributed by atoms with E-state index in [1.165, 1.54) is 24.3 Å². The molecule has 3 aromatic rings. The van der Waals surface area contributed by atoms with Crippen LogP contribution in [-0.4, -0.2) is 101 Å². The molecule has 0 radical (unpaired) electrons. The topological polar surface area (TPSA) is 163 Å². The lowest BCUT2D eigenvalue weighted by Crippen LogP contribution is -2.49. The minimum atomic E-state index is -4.87. The van der Waals surface area contributed by atoms with Crippen molar-refractivity contribution in [1.29, 1.82) is 5.26 Å². The van der Waals surface area contributed by atoms with Crippen molar-refractivity contribution < 1.29 is 41.5 Å². The molecule has 1 unspecified atom stereocenters. The number of ether oxygens (including phenoxy) is 1. The number of nitriles is 1. The minimum Gasteiger partial charge on any atom is -0.492 e. The van der Waals surface area contributed by atoms with Crippen molar-refractivity contribution in [3.05, 3.63) is 71.3 Å². The predicted octanol–water partition coefficient (Wildman–Crippen LogP) is 4.44. The molecule has 0 spiro atoms. The number of rotatable bonds is 12. The number of nitrogens with zero attached hydrogens (tertiary/aromatic N) is 6. The fourth-order valence-electron chi connectivity index (χ4n) is 7.05. The number of piperazine rings is 1. The van der Waals surface area contributed by atoms with Crippen LogP contribution in [0.15, 0.2) is 48.7 Å². The molecule has 306 valence electrons. The van der Waals surface area contributed by atoms with Gasteiger partial charge in [-0.2, -0.15) is 18.4 Å². The highest BCUT2D eigenvalue weighted by atomic mass is 32.1. The fraction of sp³-hybridized carbons (Fsp3) is 0.410. The molecule has 2 aromatic carbocycles. The van der Waals surface area contributed by atoms with E-state index in [-0.39, 0.29) is 41.3 Å². The highest BCUT2D eigenvalue weighted by molar-refractivity contribution is 7.81. The molecule has 0 bridgehead atoms. The van der Waals surface area contributed by atoms with Crippen LogP contribution in [0.3, 0.4) is 0 Å². The Morgan fingerprint density at radius 2 is 1.79 bits per heavy atom. The Kier molecular flexibility index (Phi) is 12.3. The first-order valence-corrected chi connectivity index (χ1v) is 19.0. The predicted molar refractivity (Wildman–Crippen MR) is 210 cm³/mol. The maximum Gasteiger partial charge on any atom is 0.419 e. The first kappa shape index (κ1) is 41.9. The van der Waals surface area contributed by atoms with Gasteiger partial charge >= 0.3 is 6.18 Å². The van der Waals surface area contributed by atoms with E-state index in [4.69, 9.17) is 22.2 Å². The van der Waals surface area contributed by atoms with E-state index in [2.05, 4.69) is 25.8 Å². The number of imide groups is 1. The molecule has 3 fully saturated rings. The lowest BCUT2D eigenvalue weighted by molar-refractivity contribution is -0.138. The molecule has 6 rings (SSSR count). The highest BCUT2D eigenvalue weighted by Crippen LogP contribution is 2.40. The van der Waals surface area contributed by atoms with Crippen LogP contribution < -0.4 is 30.5 Å². The summed E-state index contributed by atoms with van der Waals surface area (Å²) in [6, 6.07) is 10.9. The molecule has 3 saturated heterocycles. The molecule has 0 aliphatic carbocycles. The van der Waals surface area contributed by atoms with Gasteiger partial charge in [0.1, 0.15) is 35.8 Å². The largest absolute Gasteiger partial charge is 0.492 e. The van der Waals surface area contributed by atoms with Crippen molar-refractivity contribution in [1.82, 2.24) is 20.1 Å². The van der Waals surface area contributed by atoms with Crippen LogP contribution in [0.4, 0.5) is 40.3 Å². The number of hydrogen-bond donors (Lipinski definition) is 3. The second-order valence-corrected chi connectivity index (χ2v) is 14.9. The molecule has 4 amide bonds. The van der Waals surface area contributed by atoms with E-state index in [9.17, 15) is 36.7 Å². The third kappa shape index (κ3) is 9.03. The number of piperidine rings is 1. The summed E-state index contributed by atoms with van der Waals surface area (Å²) < 4.78 is 61.9. The number of benzene rings is 2. The van der Waals surface area contributed by atoms with Crippen LogP contribution in [0.5, 0.6) is 5.75 Å². The third-order valence-corrected chi connectivity index (χ3v) is 10.6. The molecule has 3 aliphatic heterocycles. The van der Waals surface area contributed by atoms with Crippen molar-refractivity contribution in [3.63, 3.8) is 0 Å². The Balaban J connectivity index is 1.00. The number of alkyl halides is 3. The second kappa shape index (κ2) is 17.0. The van der Waals surface area contributed by atoms with E-state index in [1.807, 2.05) is 17.9 Å². The number of nitrogens with one attached hydrogen (secondary N) is 3. The first-order valence-electron chi connectivity index (χ1n) is 18.6. The van der Waals surface area contributed by atoms with E-state index in [0.29, 0.717) is 75.4 Å². The van der Waals surface area contributed by atoms with Crippen LogP contribution >= 0.6 is 12.2 Å². The summed E-state index contributed by atoms with van der Waals surface area (Å²) in [4.78, 5) is 60.4. The van der Waals surface area contributed by atoms with Crippen LogP contribution in [0.1, 0.15) is 50.4 Å². The number of hydrogen-bond acceptors (Lipinski definition) is 11. The zero-order valence-electron chi connectivity index (χ0n) is 31.9. The van der Waals surface area contributed by atoms with E-state index >= 15 is 0 Å². The quantitative estimate of drug-likeness (QED) is 0.134. The Morgan fingerprint density at radius 3 is 2.47 bits per heavy atom. The van der Waals surface area contributed by atoms with Gasteiger partial charge in [-0.3, -0.25) is 39.2 Å². The summed E-state index contributed by atoms with van der Waals surface area (Å²) >= 11 is 5.66. The Hall–Kier alpha value is -5.71. The zero-order chi connectivity index (χ0) is 41.9. The van der Waals surface area contributed by atoms with Gasteiger partial charge in [0.25, 0.3) is 5.91 Å². The monoisotopic (exact) mass is 823 g/mol. The molecule has 58 heavy (non-hydrogen) atoms. The van der Waals surface area contributed by atoms with Gasteiger partial charge in [0.05, 0.1) is 29.7 Å². The van der Waals surface area contributed by atoms with Gasteiger partial charge in [0, 0.05) is 50.5 Å². The van der Waals surface area contributed by atoms with Crippen molar-refractivity contribution in [2.75, 3.05) is 66.3 Å². The lowest BCUT2D eigenvalue weighted by atomic mass is 10.0. The summed E-state index contributed by atoms with van der Waals surface area (Å²) in [7, 11) is 0. The van der Waals surface area contributed by atoms with E-state index < -0.39 is 46.6 Å². The molecule has 3 N–H and O–H groups in total. The summed E-state index contributed by atoms with van der Waals surface area (Å²) in [5, 5.41) is 17.0. The van der Waals surface area contributed by atoms with Crippen LogP contribution in [0.25, 0.3) is 0 Å². The Morgan fingerprint density at radius 1 is 1.07 bits per heavy atom. The average molecular weight is 824 g/mol. The van der Waals surface area contributed by atoms with Gasteiger partial charge in [-0.05, 0) is 86.9 Å². The van der Waals surface area contributed by atoms with Gasteiger partial charge in [0.15, 0.2) is 10.8 Å². The van der Waals surface area contributed by atoms with E-state index in [1.54, 1.807) is 30.9 Å². The van der Waals surface area contributed by atoms with Crippen LogP contribution in [0.2, 0.25) is 0 Å². The third-order valence-electron chi connectivity index (χ3n) is 10.2. The number of halogens is 4. The van der Waals surface area contributed by atoms with Crippen molar-refractivity contribution in [2.24, 2.45) is 0 Å². The minimum absolute atomic E-state index is 0.0246. The molecule has 19 heteroatoms. The normalized spacial score (nSPS) is 18.9. The number of pyridine rings is 1. The Bertz CT molecular complexity index is 2170. The van der Waals surface area contributed by atoms with Crippen molar-refractivity contribution in [2.45, 2.75) is 57.8 Å². The summed E-state index contributed by atoms with van der Waals surface area (Å²) in [6.07, 6.45) is -2.78. The number of thiocarbonyl (C=S) groups is 1. The van der Waals surface area contributed by atoms with Crippen molar-refractivity contribution in [3.8, 4) is 11.8 Å². The van der Waals surface area contributed by atoms with Crippen LogP contribution in [0, 0.1) is 17.1 Å². The molecular weight excluding hydrogens is 783 g/mol. The molecule has 1 atom stereocenters. The number of carbonyl (C=O) groups is 4.